The van der Waals surface area contributed by atoms with E-state index in [0.717, 1.165) is 25.4 Å². The van der Waals surface area contributed by atoms with Crippen LogP contribution in [-0.4, -0.2) is 36.7 Å². The largest absolute Gasteiger partial charge is 0.373 e. The highest BCUT2D eigenvalue weighted by atomic mass is 16.5. The molecule has 0 amide bonds. The number of ether oxygens (including phenoxy) is 1. The van der Waals surface area contributed by atoms with E-state index in [-0.39, 0.29) is 0 Å². The fourth-order valence-corrected chi connectivity index (χ4v) is 4.54. The maximum absolute atomic E-state index is 5.86. The summed E-state index contributed by atoms with van der Waals surface area (Å²) in [6, 6.07) is 9.50. The second-order valence-corrected chi connectivity index (χ2v) is 9.51. The Bertz CT molecular complexity index is 512. The van der Waals surface area contributed by atoms with E-state index in [1.807, 2.05) is 0 Å². The summed E-state index contributed by atoms with van der Waals surface area (Å²) in [5.41, 5.74) is 2.99. The zero-order valence-electron chi connectivity index (χ0n) is 18.2. The lowest BCUT2D eigenvalue weighted by molar-refractivity contribution is -0.0708. The van der Waals surface area contributed by atoms with E-state index >= 15 is 0 Å². The van der Waals surface area contributed by atoms with Gasteiger partial charge < -0.3 is 4.74 Å². The van der Waals surface area contributed by atoms with Gasteiger partial charge in [-0.3, -0.25) is 4.90 Å². The zero-order valence-corrected chi connectivity index (χ0v) is 18.2. The van der Waals surface area contributed by atoms with Gasteiger partial charge in [-0.15, -0.1) is 0 Å². The Balaban J connectivity index is 1.91. The van der Waals surface area contributed by atoms with Gasteiger partial charge in [-0.2, -0.15) is 0 Å². The Labute approximate surface area is 162 Å². The molecule has 1 fully saturated rings. The fourth-order valence-electron chi connectivity index (χ4n) is 4.54. The van der Waals surface area contributed by atoms with Gasteiger partial charge in [0.15, 0.2) is 0 Å². The summed E-state index contributed by atoms with van der Waals surface area (Å²) in [5.74, 6) is 2.81. The van der Waals surface area contributed by atoms with Gasteiger partial charge in [0, 0.05) is 19.6 Å². The first-order valence-corrected chi connectivity index (χ1v) is 10.7. The molecule has 1 aliphatic rings. The molecule has 0 spiro atoms. The number of nitrogens with zero attached hydrogens (tertiary/aromatic N) is 1. The van der Waals surface area contributed by atoms with Crippen molar-refractivity contribution in [2.45, 2.75) is 79.4 Å². The van der Waals surface area contributed by atoms with Crippen molar-refractivity contribution in [3.05, 3.63) is 35.4 Å². The van der Waals surface area contributed by atoms with Crippen molar-refractivity contribution >= 4 is 0 Å². The van der Waals surface area contributed by atoms with E-state index in [2.05, 4.69) is 77.6 Å². The number of hydrogen-bond acceptors (Lipinski definition) is 2. The van der Waals surface area contributed by atoms with Gasteiger partial charge in [0.25, 0.3) is 0 Å². The minimum Gasteiger partial charge on any atom is -0.373 e. The number of hydrogen-bond donors (Lipinski definition) is 0. The molecule has 1 saturated heterocycles. The van der Waals surface area contributed by atoms with Crippen molar-refractivity contribution in [1.82, 2.24) is 4.90 Å². The van der Waals surface area contributed by atoms with Crippen molar-refractivity contribution in [3.63, 3.8) is 0 Å². The van der Waals surface area contributed by atoms with Crippen LogP contribution in [0.15, 0.2) is 24.3 Å². The highest BCUT2D eigenvalue weighted by Gasteiger charge is 2.23. The Morgan fingerprint density at radius 3 is 2.04 bits per heavy atom. The molecule has 1 aliphatic heterocycles. The first-order chi connectivity index (χ1) is 12.2. The Hall–Kier alpha value is -0.860. The number of benzene rings is 1. The van der Waals surface area contributed by atoms with Crippen LogP contribution in [0.2, 0.25) is 0 Å². The molecule has 26 heavy (non-hydrogen) atoms. The first kappa shape index (κ1) is 21.4. The molecule has 1 aromatic carbocycles. The first-order valence-electron chi connectivity index (χ1n) is 10.7. The predicted octanol–water partition coefficient (Wildman–Crippen LogP) is 5.76. The van der Waals surface area contributed by atoms with Crippen molar-refractivity contribution in [2.75, 3.05) is 19.6 Å². The lowest BCUT2D eigenvalue weighted by atomic mass is 9.82. The number of rotatable bonds is 8. The van der Waals surface area contributed by atoms with Crippen molar-refractivity contribution in [2.24, 2.45) is 17.8 Å². The van der Waals surface area contributed by atoms with Crippen LogP contribution < -0.4 is 0 Å². The van der Waals surface area contributed by atoms with Gasteiger partial charge in [-0.1, -0.05) is 58.9 Å². The second kappa shape index (κ2) is 9.90. The molecule has 4 unspecified atom stereocenters. The van der Waals surface area contributed by atoms with Crippen molar-refractivity contribution < 1.29 is 4.74 Å². The molecule has 0 N–H and O–H groups in total. The highest BCUT2D eigenvalue weighted by molar-refractivity contribution is 5.26. The molecule has 1 aromatic rings. The van der Waals surface area contributed by atoms with Gasteiger partial charge in [-0.25, -0.2) is 0 Å². The van der Waals surface area contributed by atoms with Gasteiger partial charge in [0.1, 0.15) is 0 Å². The number of morpholine rings is 1. The van der Waals surface area contributed by atoms with E-state index in [9.17, 15) is 0 Å². The molecule has 0 radical (unpaired) electrons. The molecule has 1 heterocycles. The van der Waals surface area contributed by atoms with Crippen LogP contribution in [0.3, 0.4) is 0 Å². The molecule has 2 heteroatoms. The maximum Gasteiger partial charge on any atom is 0.0678 e. The van der Waals surface area contributed by atoms with Crippen LogP contribution in [0, 0.1) is 17.8 Å². The van der Waals surface area contributed by atoms with E-state index in [1.54, 1.807) is 0 Å². The summed E-state index contributed by atoms with van der Waals surface area (Å²) < 4.78 is 5.86. The summed E-state index contributed by atoms with van der Waals surface area (Å²) in [5, 5.41) is 0. The molecular formula is C24H41NO. The Morgan fingerprint density at radius 1 is 0.962 bits per heavy atom. The average Bonchev–Trinajstić information content (AvgIpc) is 2.52. The molecule has 148 valence electrons. The SMILES string of the molecule is CC(C)CC(c1ccc(CC(C)CN2CC(C)OC(C)C2)cc1)C(C)C. The van der Waals surface area contributed by atoms with E-state index in [4.69, 9.17) is 4.74 Å². The van der Waals surface area contributed by atoms with Gasteiger partial charge in [0.05, 0.1) is 12.2 Å². The molecule has 0 saturated carbocycles. The molecular weight excluding hydrogens is 318 g/mol. The van der Waals surface area contributed by atoms with E-state index < -0.39 is 0 Å². The third-order valence-corrected chi connectivity index (χ3v) is 5.59. The van der Waals surface area contributed by atoms with Crippen LogP contribution in [0.4, 0.5) is 0 Å². The van der Waals surface area contributed by atoms with Crippen LogP contribution in [0.25, 0.3) is 0 Å². The third kappa shape index (κ3) is 6.70. The van der Waals surface area contributed by atoms with Crippen molar-refractivity contribution in [3.8, 4) is 0 Å². The Morgan fingerprint density at radius 2 is 1.54 bits per heavy atom. The summed E-state index contributed by atoms with van der Waals surface area (Å²) in [6.07, 6.45) is 3.16. The summed E-state index contributed by atoms with van der Waals surface area (Å²) in [4.78, 5) is 2.58. The highest BCUT2D eigenvalue weighted by Crippen LogP contribution is 2.31. The smallest absolute Gasteiger partial charge is 0.0678 e. The summed E-state index contributed by atoms with van der Waals surface area (Å²) in [7, 11) is 0. The summed E-state index contributed by atoms with van der Waals surface area (Å²) in [6.45, 7) is 19.4. The normalized spacial score (nSPS) is 24.2. The molecule has 0 aliphatic carbocycles. The Kier molecular flexibility index (Phi) is 8.16. The molecule has 2 rings (SSSR count). The standard InChI is InChI=1S/C24H41NO/c1-17(2)12-24(18(3)4)23-10-8-22(9-11-23)13-19(5)14-25-15-20(6)26-21(7)16-25/h8-11,17-21,24H,12-16H2,1-7H3. The summed E-state index contributed by atoms with van der Waals surface area (Å²) >= 11 is 0. The maximum atomic E-state index is 5.86. The lowest BCUT2D eigenvalue weighted by Gasteiger charge is -2.36. The molecule has 2 nitrogen and oxygen atoms in total. The van der Waals surface area contributed by atoms with Gasteiger partial charge in [-0.05, 0) is 61.5 Å². The monoisotopic (exact) mass is 359 g/mol. The van der Waals surface area contributed by atoms with Crippen LogP contribution >= 0.6 is 0 Å². The minimum atomic E-state index is 0.360. The minimum absolute atomic E-state index is 0.360. The zero-order chi connectivity index (χ0) is 19.3. The van der Waals surface area contributed by atoms with Crippen LogP contribution in [0.1, 0.15) is 71.9 Å². The lowest BCUT2D eigenvalue weighted by Crippen LogP contribution is -2.47. The van der Waals surface area contributed by atoms with E-state index in [0.29, 0.717) is 30.0 Å². The average molecular weight is 360 g/mol. The van der Waals surface area contributed by atoms with E-state index in [1.165, 1.54) is 24.1 Å². The molecule has 4 atom stereocenters. The second-order valence-electron chi connectivity index (χ2n) is 9.51. The van der Waals surface area contributed by atoms with Crippen LogP contribution in [0.5, 0.6) is 0 Å². The quantitative estimate of drug-likeness (QED) is 0.585. The molecule has 0 bridgehead atoms. The fraction of sp³-hybridized carbons (Fsp3) is 0.750. The third-order valence-electron chi connectivity index (χ3n) is 5.59. The molecule has 0 aromatic heterocycles. The predicted molar refractivity (Wildman–Crippen MR) is 113 cm³/mol. The van der Waals surface area contributed by atoms with Crippen LogP contribution in [-0.2, 0) is 11.2 Å². The topological polar surface area (TPSA) is 12.5 Å². The van der Waals surface area contributed by atoms with Crippen molar-refractivity contribution in [1.29, 1.82) is 0 Å². The van der Waals surface area contributed by atoms with Gasteiger partial charge in [0.2, 0.25) is 0 Å². The van der Waals surface area contributed by atoms with Gasteiger partial charge >= 0.3 is 0 Å².